The predicted octanol–water partition coefficient (Wildman–Crippen LogP) is 1.60. The number of carbonyl (C=O) groups excluding carboxylic acids is 2. The van der Waals surface area contributed by atoms with Crippen molar-refractivity contribution in [1.82, 2.24) is 20.8 Å². The molecule has 1 aliphatic heterocycles. The summed E-state index contributed by atoms with van der Waals surface area (Å²) in [6.45, 7) is 0.0137. The van der Waals surface area contributed by atoms with Crippen molar-refractivity contribution in [1.29, 1.82) is 0 Å². The number of morpholine rings is 1. The minimum absolute atomic E-state index is 0.143. The zero-order valence-electron chi connectivity index (χ0n) is 14.9. The van der Waals surface area contributed by atoms with Crippen molar-refractivity contribution in [2.24, 2.45) is 0 Å². The number of carbonyl (C=O) groups is 2. The van der Waals surface area contributed by atoms with E-state index in [1.807, 2.05) is 30.3 Å². The van der Waals surface area contributed by atoms with Crippen LogP contribution >= 0.6 is 0 Å². The maximum Gasteiger partial charge on any atom is 0.252 e. The molecule has 0 radical (unpaired) electrons. The van der Waals surface area contributed by atoms with Crippen molar-refractivity contribution in [3.05, 3.63) is 47.6 Å². The highest BCUT2D eigenvalue weighted by Crippen LogP contribution is 2.32. The van der Waals surface area contributed by atoms with Crippen molar-refractivity contribution in [2.75, 3.05) is 6.61 Å². The summed E-state index contributed by atoms with van der Waals surface area (Å²) in [5.41, 5.74) is 0.814. The number of benzene rings is 1. The van der Waals surface area contributed by atoms with Gasteiger partial charge in [0.05, 0.1) is 12.6 Å². The van der Waals surface area contributed by atoms with E-state index in [-0.39, 0.29) is 25.0 Å². The van der Waals surface area contributed by atoms with Crippen LogP contribution in [-0.2, 0) is 20.9 Å². The van der Waals surface area contributed by atoms with Crippen LogP contribution in [0.4, 0.5) is 0 Å². The third-order valence-corrected chi connectivity index (χ3v) is 5.04. The van der Waals surface area contributed by atoms with E-state index in [1.165, 1.54) is 12.8 Å². The fourth-order valence-electron chi connectivity index (χ4n) is 3.64. The fourth-order valence-corrected chi connectivity index (χ4v) is 3.64. The molecule has 8 heteroatoms. The minimum Gasteiger partial charge on any atom is -0.356 e. The first kappa shape index (κ1) is 17.7. The zero-order valence-corrected chi connectivity index (χ0v) is 14.9. The normalized spacial score (nSPS) is 23.2. The van der Waals surface area contributed by atoms with E-state index in [1.54, 1.807) is 0 Å². The summed E-state index contributed by atoms with van der Waals surface area (Å²) in [4.78, 5) is 28.8. The van der Waals surface area contributed by atoms with E-state index in [9.17, 15) is 9.59 Å². The number of amides is 2. The molecule has 0 spiro atoms. The number of aromatic nitrogens is 2. The average Bonchev–Trinajstić information content (AvgIpc) is 3.38. The Morgan fingerprint density at radius 2 is 2.00 bits per heavy atom. The van der Waals surface area contributed by atoms with Crippen LogP contribution < -0.4 is 10.6 Å². The summed E-state index contributed by atoms with van der Waals surface area (Å²) >= 11 is 0. The molecule has 8 nitrogen and oxygen atoms in total. The molecular weight excluding hydrogens is 348 g/mol. The van der Waals surface area contributed by atoms with Gasteiger partial charge in [-0.1, -0.05) is 48.3 Å². The van der Waals surface area contributed by atoms with Gasteiger partial charge in [0, 0.05) is 5.92 Å². The first-order valence-electron chi connectivity index (χ1n) is 9.27. The van der Waals surface area contributed by atoms with E-state index in [2.05, 4.69) is 20.8 Å². The van der Waals surface area contributed by atoms with E-state index >= 15 is 0 Å². The Morgan fingerprint density at radius 1 is 1.22 bits per heavy atom. The van der Waals surface area contributed by atoms with Gasteiger partial charge in [-0.3, -0.25) is 9.59 Å². The molecule has 2 heterocycles. The molecule has 27 heavy (non-hydrogen) atoms. The maximum absolute atomic E-state index is 12.7. The Kier molecular flexibility index (Phi) is 5.15. The van der Waals surface area contributed by atoms with Gasteiger partial charge in [-0.05, 0) is 18.4 Å². The lowest BCUT2D eigenvalue weighted by atomic mass is 9.99. The Morgan fingerprint density at radius 3 is 2.78 bits per heavy atom. The molecule has 1 aromatic carbocycles. The van der Waals surface area contributed by atoms with E-state index in [0.29, 0.717) is 17.6 Å². The average molecular weight is 370 g/mol. The molecule has 2 aliphatic rings. The molecule has 2 atom stereocenters. The van der Waals surface area contributed by atoms with Crippen LogP contribution in [0.3, 0.4) is 0 Å². The van der Waals surface area contributed by atoms with Crippen molar-refractivity contribution < 1.29 is 18.8 Å². The molecule has 2 fully saturated rings. The molecule has 2 aromatic rings. The molecule has 1 saturated heterocycles. The van der Waals surface area contributed by atoms with E-state index < -0.39 is 12.1 Å². The second-order valence-electron chi connectivity index (χ2n) is 6.94. The Balaban J connectivity index is 1.40. The van der Waals surface area contributed by atoms with Crippen molar-refractivity contribution in [2.45, 2.75) is 50.3 Å². The Labute approximate surface area is 156 Å². The lowest BCUT2D eigenvalue weighted by Crippen LogP contribution is -2.52. The predicted molar refractivity (Wildman–Crippen MR) is 94.4 cm³/mol. The summed E-state index contributed by atoms with van der Waals surface area (Å²) in [6, 6.07) is 8.76. The second kappa shape index (κ2) is 7.87. The number of nitrogens with one attached hydrogen (secondary N) is 2. The Bertz CT molecular complexity index is 801. The topological polar surface area (TPSA) is 106 Å². The summed E-state index contributed by atoms with van der Waals surface area (Å²) in [5.74, 6) is 0.867. The van der Waals surface area contributed by atoms with Crippen LogP contribution in [-0.4, -0.2) is 34.7 Å². The molecule has 0 bridgehead atoms. The number of hydrogen-bond donors (Lipinski definition) is 2. The van der Waals surface area contributed by atoms with Crippen LogP contribution in [0.25, 0.3) is 0 Å². The number of hydrogen-bond acceptors (Lipinski definition) is 6. The molecule has 4 rings (SSSR count). The lowest BCUT2D eigenvalue weighted by Gasteiger charge is -2.31. The van der Waals surface area contributed by atoms with Crippen molar-refractivity contribution >= 4 is 11.8 Å². The minimum atomic E-state index is -0.814. The van der Waals surface area contributed by atoms with Crippen molar-refractivity contribution in [3.63, 3.8) is 0 Å². The molecule has 2 N–H and O–H groups in total. The monoisotopic (exact) mass is 370 g/mol. The molecular formula is C19H22N4O4. The third-order valence-electron chi connectivity index (χ3n) is 5.04. The van der Waals surface area contributed by atoms with Crippen molar-refractivity contribution in [3.8, 4) is 0 Å². The molecule has 1 aliphatic carbocycles. The van der Waals surface area contributed by atoms with Crippen LogP contribution in [0, 0.1) is 0 Å². The van der Waals surface area contributed by atoms with Gasteiger partial charge in [0.2, 0.25) is 11.8 Å². The van der Waals surface area contributed by atoms with Gasteiger partial charge in [0.1, 0.15) is 6.61 Å². The highest BCUT2D eigenvalue weighted by Gasteiger charge is 2.36. The van der Waals surface area contributed by atoms with Gasteiger partial charge in [-0.2, -0.15) is 4.98 Å². The molecule has 2 amide bonds. The number of nitrogens with zero attached hydrogens (tertiary/aromatic N) is 2. The molecule has 142 valence electrons. The second-order valence-corrected chi connectivity index (χ2v) is 6.94. The van der Waals surface area contributed by atoms with E-state index in [0.717, 1.165) is 18.4 Å². The maximum atomic E-state index is 12.7. The molecule has 1 saturated carbocycles. The quantitative estimate of drug-likeness (QED) is 0.828. The van der Waals surface area contributed by atoms with Gasteiger partial charge < -0.3 is 19.9 Å². The molecule has 1 aromatic heterocycles. The van der Waals surface area contributed by atoms with Crippen LogP contribution in [0.5, 0.6) is 0 Å². The zero-order chi connectivity index (χ0) is 18.6. The van der Waals surface area contributed by atoms with Crippen LogP contribution in [0.1, 0.15) is 54.9 Å². The lowest BCUT2D eigenvalue weighted by molar-refractivity contribution is -0.148. The Hall–Kier alpha value is -2.74. The van der Waals surface area contributed by atoms with Gasteiger partial charge in [0.25, 0.3) is 5.91 Å². The first-order chi connectivity index (χ1) is 13.2. The largest absolute Gasteiger partial charge is 0.356 e. The summed E-state index contributed by atoms with van der Waals surface area (Å²) in [6.07, 6.45) is 3.70. The highest BCUT2D eigenvalue weighted by atomic mass is 16.5. The van der Waals surface area contributed by atoms with Gasteiger partial charge in [-0.25, -0.2) is 0 Å². The molecule has 0 unspecified atom stereocenters. The van der Waals surface area contributed by atoms with E-state index in [4.69, 9.17) is 9.26 Å². The van der Waals surface area contributed by atoms with Gasteiger partial charge in [0.15, 0.2) is 11.9 Å². The first-order valence-corrected chi connectivity index (χ1v) is 9.27. The fraction of sp³-hybridized carbons (Fsp3) is 0.474. The third kappa shape index (κ3) is 4.00. The van der Waals surface area contributed by atoms with Crippen LogP contribution in [0.2, 0.25) is 0 Å². The summed E-state index contributed by atoms with van der Waals surface area (Å²) < 4.78 is 10.8. The smallest absolute Gasteiger partial charge is 0.252 e. The number of ether oxygens (including phenoxy) is 1. The summed E-state index contributed by atoms with van der Waals surface area (Å²) in [7, 11) is 0. The standard InChI is InChI=1S/C19H22N4O4/c24-15-11-26-17(16(22-15)12-6-2-1-3-7-12)18(25)20-10-14-21-19(27-23-14)13-8-4-5-9-13/h1-3,6-7,13,16-17H,4-5,8-11H2,(H,20,25)(H,22,24)/t16-,17+/m1/s1. The van der Waals surface area contributed by atoms with Gasteiger partial charge in [-0.15, -0.1) is 0 Å². The summed E-state index contributed by atoms with van der Waals surface area (Å²) in [5, 5.41) is 9.57. The van der Waals surface area contributed by atoms with Crippen LogP contribution in [0.15, 0.2) is 34.9 Å². The number of rotatable bonds is 5. The van der Waals surface area contributed by atoms with Gasteiger partial charge >= 0.3 is 0 Å². The highest BCUT2D eigenvalue weighted by molar-refractivity contribution is 5.86. The SMILES string of the molecule is O=C1CO[C@H](C(=O)NCc2noc(C3CCCC3)n2)[C@@H](c2ccccc2)N1.